The number of hydrogen-bond acceptors (Lipinski definition) is 6. The van der Waals surface area contributed by atoms with Crippen LogP contribution in [0.5, 0.6) is 0 Å². The lowest BCUT2D eigenvalue weighted by Crippen LogP contribution is -2.33. The predicted molar refractivity (Wildman–Crippen MR) is 114 cm³/mol. The van der Waals surface area contributed by atoms with Crippen LogP contribution in [0.15, 0.2) is 35.6 Å². The molecule has 1 atom stereocenters. The fraction of sp³-hybridized carbons (Fsp3) is 0.409. The van der Waals surface area contributed by atoms with E-state index in [-0.39, 0.29) is 11.4 Å². The number of carbonyl (C=O) groups excluding carboxylic acids is 2. The Morgan fingerprint density at radius 1 is 1.24 bits per heavy atom. The molecule has 0 radical (unpaired) electrons. The van der Waals surface area contributed by atoms with Crippen molar-refractivity contribution in [2.24, 2.45) is 0 Å². The SMILES string of the molecule is Cc1nc(C)c(C(=O)C2=C(O)C(=O)N(CCCN(C)C)C2c2ccccc2C)s1. The number of aryl methyl sites for hydroxylation is 3. The van der Waals surface area contributed by atoms with Crippen LogP contribution in [0, 0.1) is 20.8 Å². The number of amides is 1. The fourth-order valence-electron chi connectivity index (χ4n) is 3.75. The van der Waals surface area contributed by atoms with Gasteiger partial charge in [-0.3, -0.25) is 9.59 Å². The summed E-state index contributed by atoms with van der Waals surface area (Å²) in [5.41, 5.74) is 2.61. The van der Waals surface area contributed by atoms with Gasteiger partial charge in [-0.15, -0.1) is 11.3 Å². The number of rotatable bonds is 7. The Hall–Kier alpha value is -2.51. The second-order valence-electron chi connectivity index (χ2n) is 7.65. The third kappa shape index (κ3) is 4.11. The van der Waals surface area contributed by atoms with E-state index in [1.807, 2.05) is 57.1 Å². The Labute approximate surface area is 175 Å². The Kier molecular flexibility index (Phi) is 6.19. The van der Waals surface area contributed by atoms with E-state index in [1.54, 1.807) is 11.8 Å². The van der Waals surface area contributed by atoms with E-state index < -0.39 is 17.7 Å². The van der Waals surface area contributed by atoms with Crippen LogP contribution in [0.25, 0.3) is 0 Å². The molecule has 3 rings (SSSR count). The minimum absolute atomic E-state index is 0.154. The van der Waals surface area contributed by atoms with Crippen LogP contribution in [0.1, 0.15) is 44.0 Å². The highest BCUT2D eigenvalue weighted by molar-refractivity contribution is 7.14. The van der Waals surface area contributed by atoms with E-state index in [2.05, 4.69) is 4.98 Å². The van der Waals surface area contributed by atoms with Gasteiger partial charge in [0.1, 0.15) is 0 Å². The highest BCUT2D eigenvalue weighted by Crippen LogP contribution is 2.41. The minimum Gasteiger partial charge on any atom is -0.503 e. The Morgan fingerprint density at radius 2 is 1.93 bits per heavy atom. The third-order valence-electron chi connectivity index (χ3n) is 5.15. The lowest BCUT2D eigenvalue weighted by Gasteiger charge is -2.28. The molecule has 1 N–H and O–H groups in total. The summed E-state index contributed by atoms with van der Waals surface area (Å²) in [6.45, 7) is 6.84. The molecule has 0 bridgehead atoms. The lowest BCUT2D eigenvalue weighted by molar-refractivity contribution is -0.129. The topological polar surface area (TPSA) is 73.7 Å². The molecule has 0 spiro atoms. The second kappa shape index (κ2) is 8.47. The van der Waals surface area contributed by atoms with Gasteiger partial charge >= 0.3 is 0 Å². The fourth-order valence-corrected chi connectivity index (χ4v) is 4.63. The number of thiazole rings is 1. The number of aliphatic hydroxyl groups excluding tert-OH is 1. The van der Waals surface area contributed by atoms with Crippen molar-refractivity contribution in [3.63, 3.8) is 0 Å². The summed E-state index contributed by atoms with van der Waals surface area (Å²) in [7, 11) is 3.95. The van der Waals surface area contributed by atoms with Crippen LogP contribution >= 0.6 is 11.3 Å². The average Bonchev–Trinajstić information content (AvgIpc) is 3.12. The first-order valence-electron chi connectivity index (χ1n) is 9.65. The normalized spacial score (nSPS) is 17.0. The number of aliphatic hydroxyl groups is 1. The molecular weight excluding hydrogens is 386 g/mol. The maximum absolute atomic E-state index is 13.4. The predicted octanol–water partition coefficient (Wildman–Crippen LogP) is 3.60. The largest absolute Gasteiger partial charge is 0.503 e. The molecule has 7 heteroatoms. The quantitative estimate of drug-likeness (QED) is 0.702. The van der Waals surface area contributed by atoms with Gasteiger partial charge < -0.3 is 14.9 Å². The van der Waals surface area contributed by atoms with Crippen molar-refractivity contribution in [2.45, 2.75) is 33.2 Å². The Morgan fingerprint density at radius 3 is 2.52 bits per heavy atom. The van der Waals surface area contributed by atoms with Crippen LogP contribution in [-0.2, 0) is 4.79 Å². The van der Waals surface area contributed by atoms with Gasteiger partial charge in [-0.05, 0) is 59.0 Å². The molecule has 1 aromatic heterocycles. The standard InChI is InChI=1S/C22H27N3O3S/c1-13-9-6-7-10-16(13)18-17(19(26)21-14(2)23-15(3)29-21)20(27)22(28)25(18)12-8-11-24(4)5/h6-7,9-10,18,27H,8,11-12H2,1-5H3. The number of nitrogens with zero attached hydrogens (tertiary/aromatic N) is 3. The molecule has 2 aromatic rings. The molecule has 0 aliphatic carbocycles. The number of ketones is 1. The first kappa shape index (κ1) is 21.2. The van der Waals surface area contributed by atoms with Gasteiger partial charge in [-0.1, -0.05) is 24.3 Å². The smallest absolute Gasteiger partial charge is 0.290 e. The van der Waals surface area contributed by atoms with Crippen molar-refractivity contribution in [3.8, 4) is 0 Å². The van der Waals surface area contributed by atoms with Gasteiger partial charge in [0.05, 0.1) is 27.2 Å². The molecular formula is C22H27N3O3S. The van der Waals surface area contributed by atoms with Crippen molar-refractivity contribution in [1.82, 2.24) is 14.8 Å². The van der Waals surface area contributed by atoms with Crippen molar-refractivity contribution < 1.29 is 14.7 Å². The van der Waals surface area contributed by atoms with Crippen LogP contribution in [0.4, 0.5) is 0 Å². The maximum Gasteiger partial charge on any atom is 0.290 e. The lowest BCUT2D eigenvalue weighted by atomic mass is 9.92. The van der Waals surface area contributed by atoms with Crippen LogP contribution in [0.3, 0.4) is 0 Å². The molecule has 1 aliphatic heterocycles. The van der Waals surface area contributed by atoms with Gasteiger partial charge in [-0.25, -0.2) is 4.98 Å². The minimum atomic E-state index is -0.597. The zero-order chi connectivity index (χ0) is 21.3. The Balaban J connectivity index is 2.06. The molecule has 6 nitrogen and oxygen atoms in total. The molecule has 0 saturated carbocycles. The first-order chi connectivity index (χ1) is 13.7. The van der Waals surface area contributed by atoms with Crippen LogP contribution in [-0.4, -0.2) is 58.8 Å². The average molecular weight is 414 g/mol. The zero-order valence-electron chi connectivity index (χ0n) is 17.5. The van der Waals surface area contributed by atoms with E-state index >= 15 is 0 Å². The highest BCUT2D eigenvalue weighted by atomic mass is 32.1. The van der Waals surface area contributed by atoms with E-state index in [0.717, 1.165) is 29.1 Å². The summed E-state index contributed by atoms with van der Waals surface area (Å²) >= 11 is 1.29. The number of hydrogen-bond donors (Lipinski definition) is 1. The number of aromatic nitrogens is 1. The Bertz CT molecular complexity index is 977. The third-order valence-corrected chi connectivity index (χ3v) is 6.22. The van der Waals surface area contributed by atoms with Crippen LogP contribution in [0.2, 0.25) is 0 Å². The highest BCUT2D eigenvalue weighted by Gasteiger charge is 2.44. The van der Waals surface area contributed by atoms with Crippen molar-refractivity contribution in [1.29, 1.82) is 0 Å². The van der Waals surface area contributed by atoms with Crippen LogP contribution < -0.4 is 0 Å². The van der Waals surface area contributed by atoms with E-state index in [4.69, 9.17) is 0 Å². The van der Waals surface area contributed by atoms with E-state index in [1.165, 1.54) is 11.3 Å². The summed E-state index contributed by atoms with van der Waals surface area (Å²) in [4.78, 5) is 34.9. The summed E-state index contributed by atoms with van der Waals surface area (Å²) in [5.74, 6) is -1.25. The zero-order valence-corrected chi connectivity index (χ0v) is 18.3. The van der Waals surface area contributed by atoms with Crippen molar-refractivity contribution >= 4 is 23.0 Å². The van der Waals surface area contributed by atoms with E-state index in [0.29, 0.717) is 17.1 Å². The molecule has 154 valence electrons. The molecule has 1 aromatic carbocycles. The second-order valence-corrected chi connectivity index (χ2v) is 8.86. The monoisotopic (exact) mass is 413 g/mol. The summed E-state index contributed by atoms with van der Waals surface area (Å²) in [6, 6.07) is 7.10. The van der Waals surface area contributed by atoms with E-state index in [9.17, 15) is 14.7 Å². The van der Waals surface area contributed by atoms with Gasteiger partial charge in [0, 0.05) is 6.54 Å². The number of Topliss-reactive ketones (excluding diaryl/α,β-unsaturated/α-hetero) is 1. The molecule has 29 heavy (non-hydrogen) atoms. The summed E-state index contributed by atoms with van der Waals surface area (Å²) in [5, 5.41) is 11.5. The number of benzene rings is 1. The van der Waals surface area contributed by atoms with Gasteiger partial charge in [0.25, 0.3) is 5.91 Å². The summed E-state index contributed by atoms with van der Waals surface area (Å²) < 4.78 is 0. The van der Waals surface area contributed by atoms with Gasteiger partial charge in [0.2, 0.25) is 5.78 Å². The van der Waals surface area contributed by atoms with Gasteiger partial charge in [-0.2, -0.15) is 0 Å². The maximum atomic E-state index is 13.4. The molecule has 0 saturated heterocycles. The van der Waals surface area contributed by atoms with Gasteiger partial charge in [0.15, 0.2) is 5.76 Å². The van der Waals surface area contributed by atoms with Crippen molar-refractivity contribution in [2.75, 3.05) is 27.2 Å². The van der Waals surface area contributed by atoms with Crippen molar-refractivity contribution in [3.05, 3.63) is 62.3 Å². The first-order valence-corrected chi connectivity index (χ1v) is 10.5. The molecule has 1 aliphatic rings. The number of carbonyl (C=O) groups is 2. The summed E-state index contributed by atoms with van der Waals surface area (Å²) in [6.07, 6.45) is 0.745. The molecule has 2 heterocycles. The molecule has 1 amide bonds. The molecule has 0 fully saturated rings. The molecule has 1 unspecified atom stereocenters.